The maximum absolute atomic E-state index is 14.5. The molecule has 0 radical (unpaired) electrons. The minimum absolute atomic E-state index is 0.155. The molecule has 1 aromatic carbocycles. The minimum atomic E-state index is -0.625. The SMILES string of the molecule is CCCc1ccc(C2CCC(/C=C/C3CCC(CCC)OC3)CC2)c(F)c1F. The van der Waals surface area contributed by atoms with Crippen molar-refractivity contribution >= 4 is 0 Å². The third kappa shape index (κ3) is 5.43. The van der Waals surface area contributed by atoms with Gasteiger partial charge in [0.1, 0.15) is 0 Å². The van der Waals surface area contributed by atoms with Gasteiger partial charge in [-0.3, -0.25) is 0 Å². The van der Waals surface area contributed by atoms with E-state index >= 15 is 0 Å². The topological polar surface area (TPSA) is 9.23 Å². The number of halogens is 2. The van der Waals surface area contributed by atoms with Gasteiger partial charge < -0.3 is 4.74 Å². The molecule has 0 N–H and O–H groups in total. The van der Waals surface area contributed by atoms with Crippen LogP contribution in [0, 0.1) is 23.5 Å². The number of aryl methyl sites for hydroxylation is 1. The van der Waals surface area contributed by atoms with E-state index in [9.17, 15) is 8.78 Å². The van der Waals surface area contributed by atoms with Crippen LogP contribution in [0.1, 0.15) is 88.7 Å². The summed E-state index contributed by atoms with van der Waals surface area (Å²) in [5.74, 6) is 0.0361. The molecule has 0 amide bonds. The van der Waals surface area contributed by atoms with Crippen LogP contribution in [-0.2, 0) is 11.2 Å². The van der Waals surface area contributed by atoms with E-state index in [0.29, 0.717) is 35.5 Å². The quantitative estimate of drug-likeness (QED) is 0.442. The third-order valence-electron chi connectivity index (χ3n) is 6.59. The van der Waals surface area contributed by atoms with Crippen LogP contribution < -0.4 is 0 Å². The van der Waals surface area contributed by atoms with Crippen molar-refractivity contribution in [2.75, 3.05) is 6.61 Å². The molecule has 1 aromatic rings. The largest absolute Gasteiger partial charge is 0.378 e. The maximum atomic E-state index is 14.5. The predicted molar refractivity (Wildman–Crippen MR) is 112 cm³/mol. The summed E-state index contributed by atoms with van der Waals surface area (Å²) in [6.07, 6.45) is 15.4. The lowest BCUT2D eigenvalue weighted by molar-refractivity contribution is -0.00852. The van der Waals surface area contributed by atoms with Crippen LogP contribution in [0.15, 0.2) is 24.3 Å². The van der Waals surface area contributed by atoms with E-state index in [4.69, 9.17) is 4.74 Å². The zero-order valence-electron chi connectivity index (χ0n) is 17.6. The van der Waals surface area contributed by atoms with Gasteiger partial charge in [-0.1, -0.05) is 51.0 Å². The molecule has 0 bridgehead atoms. The molecule has 1 heterocycles. The Morgan fingerprint density at radius 2 is 1.61 bits per heavy atom. The van der Waals surface area contributed by atoms with Crippen molar-refractivity contribution in [1.82, 2.24) is 0 Å². The second-order valence-corrected chi connectivity index (χ2v) is 8.77. The Labute approximate surface area is 169 Å². The van der Waals surface area contributed by atoms with Crippen molar-refractivity contribution in [1.29, 1.82) is 0 Å². The smallest absolute Gasteiger partial charge is 0.162 e. The first kappa shape index (κ1) is 21.5. The highest BCUT2D eigenvalue weighted by atomic mass is 19.2. The van der Waals surface area contributed by atoms with E-state index in [2.05, 4.69) is 19.1 Å². The fraction of sp³-hybridized carbons (Fsp3) is 0.680. The molecule has 1 saturated heterocycles. The molecule has 3 rings (SSSR count). The van der Waals surface area contributed by atoms with Gasteiger partial charge in [-0.05, 0) is 74.3 Å². The second-order valence-electron chi connectivity index (χ2n) is 8.77. The normalized spacial score (nSPS) is 28.7. The number of benzene rings is 1. The lowest BCUT2D eigenvalue weighted by atomic mass is 9.78. The molecule has 2 atom stereocenters. The van der Waals surface area contributed by atoms with Crippen LogP contribution in [0.25, 0.3) is 0 Å². The van der Waals surface area contributed by atoms with Crippen LogP contribution in [0.3, 0.4) is 0 Å². The van der Waals surface area contributed by atoms with Crippen LogP contribution in [0.2, 0.25) is 0 Å². The van der Waals surface area contributed by atoms with Crippen molar-refractivity contribution < 1.29 is 13.5 Å². The highest BCUT2D eigenvalue weighted by Crippen LogP contribution is 2.38. The summed E-state index contributed by atoms with van der Waals surface area (Å²) < 4.78 is 34.8. The Kier molecular flexibility index (Phi) is 8.08. The van der Waals surface area contributed by atoms with E-state index in [1.54, 1.807) is 6.07 Å². The van der Waals surface area contributed by atoms with E-state index in [1.807, 2.05) is 13.0 Å². The fourth-order valence-corrected chi connectivity index (χ4v) is 4.85. The van der Waals surface area contributed by atoms with E-state index in [0.717, 1.165) is 38.7 Å². The summed E-state index contributed by atoms with van der Waals surface area (Å²) in [4.78, 5) is 0. The van der Waals surface area contributed by atoms with Gasteiger partial charge in [0, 0.05) is 5.92 Å². The van der Waals surface area contributed by atoms with E-state index in [-0.39, 0.29) is 5.92 Å². The summed E-state index contributed by atoms with van der Waals surface area (Å²) in [5, 5.41) is 0. The number of allylic oxidation sites excluding steroid dienone is 1. The van der Waals surface area contributed by atoms with Crippen LogP contribution in [0.5, 0.6) is 0 Å². The highest BCUT2D eigenvalue weighted by Gasteiger charge is 2.26. The molecule has 0 aromatic heterocycles. The van der Waals surface area contributed by atoms with E-state index in [1.165, 1.54) is 25.7 Å². The van der Waals surface area contributed by atoms with Gasteiger partial charge in [0.05, 0.1) is 12.7 Å². The zero-order valence-corrected chi connectivity index (χ0v) is 17.6. The van der Waals surface area contributed by atoms with Crippen molar-refractivity contribution in [2.24, 2.45) is 11.8 Å². The van der Waals surface area contributed by atoms with Gasteiger partial charge in [0.15, 0.2) is 11.6 Å². The summed E-state index contributed by atoms with van der Waals surface area (Å²) in [7, 11) is 0. The number of ether oxygens (including phenoxy) is 1. The predicted octanol–water partition coefficient (Wildman–Crippen LogP) is 7.34. The average Bonchev–Trinajstić information content (AvgIpc) is 2.72. The molecular formula is C25H36F2O. The molecule has 2 aliphatic rings. The number of rotatable bonds is 7. The Bertz CT molecular complexity index is 638. The first-order valence-corrected chi connectivity index (χ1v) is 11.4. The van der Waals surface area contributed by atoms with Crippen molar-refractivity contribution in [3.63, 3.8) is 0 Å². The summed E-state index contributed by atoms with van der Waals surface area (Å²) in [6, 6.07) is 3.62. The number of hydrogen-bond donors (Lipinski definition) is 0. The Balaban J connectivity index is 1.49. The highest BCUT2D eigenvalue weighted by molar-refractivity contribution is 5.29. The number of hydrogen-bond acceptors (Lipinski definition) is 1. The van der Waals surface area contributed by atoms with Crippen molar-refractivity contribution in [3.8, 4) is 0 Å². The molecule has 2 fully saturated rings. The van der Waals surface area contributed by atoms with Crippen molar-refractivity contribution in [2.45, 2.75) is 90.1 Å². The molecular weight excluding hydrogens is 354 g/mol. The first-order valence-electron chi connectivity index (χ1n) is 11.4. The zero-order chi connectivity index (χ0) is 19.9. The standard InChI is InChI=1S/C25H36F2O/c1-3-5-21-14-16-23(25(27)24(21)26)20-12-9-18(10-13-20)7-8-19-11-15-22(6-4-2)28-17-19/h7-8,14,16,18-20,22H,3-6,9-13,15,17H2,1-2H3/b8-7+. The molecule has 1 saturated carbocycles. The lowest BCUT2D eigenvalue weighted by Crippen LogP contribution is -2.24. The lowest BCUT2D eigenvalue weighted by Gasteiger charge is -2.29. The molecule has 3 heteroatoms. The summed E-state index contributed by atoms with van der Waals surface area (Å²) in [6.45, 7) is 5.06. The Morgan fingerprint density at radius 3 is 2.25 bits per heavy atom. The third-order valence-corrected chi connectivity index (χ3v) is 6.59. The average molecular weight is 391 g/mol. The Morgan fingerprint density at radius 1 is 0.893 bits per heavy atom. The molecule has 156 valence electrons. The molecule has 1 aliphatic heterocycles. The van der Waals surface area contributed by atoms with Gasteiger partial charge in [-0.15, -0.1) is 0 Å². The van der Waals surface area contributed by atoms with Gasteiger partial charge in [-0.25, -0.2) is 8.78 Å². The molecule has 28 heavy (non-hydrogen) atoms. The van der Waals surface area contributed by atoms with Gasteiger partial charge in [-0.2, -0.15) is 0 Å². The van der Waals surface area contributed by atoms with Gasteiger partial charge in [0.25, 0.3) is 0 Å². The fourth-order valence-electron chi connectivity index (χ4n) is 4.85. The monoisotopic (exact) mass is 390 g/mol. The summed E-state index contributed by atoms with van der Waals surface area (Å²) in [5.41, 5.74) is 1.10. The van der Waals surface area contributed by atoms with Crippen LogP contribution in [-0.4, -0.2) is 12.7 Å². The minimum Gasteiger partial charge on any atom is -0.378 e. The second kappa shape index (κ2) is 10.5. The molecule has 0 spiro atoms. The van der Waals surface area contributed by atoms with Crippen LogP contribution >= 0.6 is 0 Å². The molecule has 1 aliphatic carbocycles. The van der Waals surface area contributed by atoms with Gasteiger partial charge >= 0.3 is 0 Å². The van der Waals surface area contributed by atoms with Crippen molar-refractivity contribution in [3.05, 3.63) is 47.0 Å². The van der Waals surface area contributed by atoms with Gasteiger partial charge in [0.2, 0.25) is 0 Å². The Hall–Kier alpha value is -1.22. The maximum Gasteiger partial charge on any atom is 0.162 e. The van der Waals surface area contributed by atoms with Crippen LogP contribution in [0.4, 0.5) is 8.78 Å². The summed E-state index contributed by atoms with van der Waals surface area (Å²) >= 11 is 0. The van der Waals surface area contributed by atoms with E-state index < -0.39 is 11.6 Å². The molecule has 1 nitrogen and oxygen atoms in total. The first-order chi connectivity index (χ1) is 13.6. The molecule has 2 unspecified atom stereocenters.